The smallest absolute Gasteiger partial charge is 0.339 e. The highest BCUT2D eigenvalue weighted by atomic mass is 19.4. The summed E-state index contributed by atoms with van der Waals surface area (Å²) in [5.41, 5.74) is 2.97. The van der Waals surface area contributed by atoms with E-state index in [2.05, 4.69) is 32.7 Å². The summed E-state index contributed by atoms with van der Waals surface area (Å²) in [7, 11) is 3.89. The van der Waals surface area contributed by atoms with Crippen molar-refractivity contribution in [1.29, 1.82) is 0 Å². The Labute approximate surface area is 233 Å². The molecular formula is C28H38F3N7O2. The summed E-state index contributed by atoms with van der Waals surface area (Å²) in [6.07, 6.45) is 2.11. The molecular weight excluding hydrogens is 523 g/mol. The minimum Gasteiger partial charge on any atom is -0.339 e. The van der Waals surface area contributed by atoms with Crippen molar-refractivity contribution in [1.82, 2.24) is 25.2 Å². The van der Waals surface area contributed by atoms with Crippen LogP contribution in [0.1, 0.15) is 67.8 Å². The molecule has 0 unspecified atom stereocenters. The number of alkyl halides is 3. The first-order valence-corrected chi connectivity index (χ1v) is 13.8. The highest BCUT2D eigenvalue weighted by Crippen LogP contribution is 2.37. The zero-order valence-corrected chi connectivity index (χ0v) is 23.3. The minimum absolute atomic E-state index is 0.0176. The van der Waals surface area contributed by atoms with E-state index in [1.807, 2.05) is 7.05 Å². The van der Waals surface area contributed by atoms with Crippen LogP contribution in [0, 0.1) is 0 Å². The molecule has 0 spiro atoms. The third kappa shape index (κ3) is 7.48. The molecule has 2 aliphatic rings. The molecule has 2 heterocycles. The van der Waals surface area contributed by atoms with Gasteiger partial charge in [-0.2, -0.15) is 18.2 Å². The number of anilines is 3. The number of nitrogens with one attached hydrogen (secondary N) is 2. The molecule has 0 atom stereocenters. The Balaban J connectivity index is 1.54. The fourth-order valence-corrected chi connectivity index (χ4v) is 5.31. The fourth-order valence-electron chi connectivity index (χ4n) is 5.31. The van der Waals surface area contributed by atoms with E-state index in [0.29, 0.717) is 24.1 Å². The van der Waals surface area contributed by atoms with Gasteiger partial charge in [0.25, 0.3) is 5.91 Å². The number of hydrogen-bond acceptors (Lipinski definition) is 8. The van der Waals surface area contributed by atoms with Crippen molar-refractivity contribution < 1.29 is 22.8 Å². The molecule has 1 aliphatic heterocycles. The van der Waals surface area contributed by atoms with Gasteiger partial charge in [0.2, 0.25) is 5.95 Å². The molecule has 1 aliphatic carbocycles. The Bertz CT molecular complexity index is 1160. The van der Waals surface area contributed by atoms with Crippen LogP contribution in [0.15, 0.2) is 30.5 Å². The van der Waals surface area contributed by atoms with Gasteiger partial charge in [-0.25, -0.2) is 10.4 Å². The van der Waals surface area contributed by atoms with Gasteiger partial charge >= 0.3 is 6.18 Å². The average Bonchev–Trinajstić information content (AvgIpc) is 2.93. The van der Waals surface area contributed by atoms with Gasteiger partial charge in [-0.05, 0) is 77.0 Å². The zero-order valence-electron chi connectivity index (χ0n) is 23.3. The van der Waals surface area contributed by atoms with Crippen LogP contribution >= 0.6 is 0 Å². The number of Topliss-reactive ketones (excluding diaryl/α,β-unsaturated/α-hetero) is 1. The maximum absolute atomic E-state index is 14.0. The first-order chi connectivity index (χ1) is 19.0. The van der Waals surface area contributed by atoms with Crippen LogP contribution in [-0.4, -0.2) is 77.3 Å². The van der Waals surface area contributed by atoms with Crippen molar-refractivity contribution in [3.05, 3.63) is 41.6 Å². The molecule has 0 radical (unpaired) electrons. The summed E-state index contributed by atoms with van der Waals surface area (Å²) in [4.78, 5) is 37.0. The molecule has 1 amide bonds. The lowest BCUT2D eigenvalue weighted by molar-refractivity contribution is -0.137. The van der Waals surface area contributed by atoms with Crippen LogP contribution < -0.4 is 15.8 Å². The van der Waals surface area contributed by atoms with Gasteiger partial charge in [0.1, 0.15) is 11.3 Å². The lowest BCUT2D eigenvalue weighted by Crippen LogP contribution is -2.49. The van der Waals surface area contributed by atoms with E-state index in [0.717, 1.165) is 51.4 Å². The lowest BCUT2D eigenvalue weighted by Gasteiger charge is -2.36. The van der Waals surface area contributed by atoms with Crippen molar-refractivity contribution in [3.63, 3.8) is 0 Å². The normalized spacial score (nSPS) is 17.4. The number of aromatic nitrogens is 2. The molecule has 0 bridgehead atoms. The van der Waals surface area contributed by atoms with Crippen molar-refractivity contribution in [2.24, 2.45) is 0 Å². The Kier molecular flexibility index (Phi) is 9.62. The predicted octanol–water partition coefficient (Wildman–Crippen LogP) is 4.64. The number of rotatable bonds is 9. The Hall–Kier alpha value is -3.25. The van der Waals surface area contributed by atoms with Crippen molar-refractivity contribution >= 4 is 29.1 Å². The monoisotopic (exact) mass is 561 g/mol. The topological polar surface area (TPSA) is 93.7 Å². The average molecular weight is 562 g/mol. The minimum atomic E-state index is -4.68. The molecule has 1 saturated carbocycles. The number of likely N-dealkylation sites (tertiary alicyclic amines) is 1. The number of halogens is 3. The number of hydrazine groups is 1. The molecule has 9 nitrogen and oxygen atoms in total. The highest BCUT2D eigenvalue weighted by Gasteiger charge is 2.38. The predicted molar refractivity (Wildman–Crippen MR) is 147 cm³/mol. The number of amides is 1. The second-order valence-electron chi connectivity index (χ2n) is 10.8. The summed E-state index contributed by atoms with van der Waals surface area (Å²) < 4.78 is 42.0. The van der Waals surface area contributed by atoms with Crippen molar-refractivity contribution in [3.8, 4) is 0 Å². The first kappa shape index (κ1) is 29.7. The molecule has 2 N–H and O–H groups in total. The molecule has 218 valence electrons. The molecule has 2 aromatic rings. The van der Waals surface area contributed by atoms with Crippen LogP contribution in [-0.2, 0) is 11.0 Å². The first-order valence-electron chi connectivity index (χ1n) is 13.8. The number of carbonyl (C=O) groups is 2. The second-order valence-corrected chi connectivity index (χ2v) is 10.8. The Morgan fingerprint density at radius 1 is 1.02 bits per heavy atom. The zero-order chi connectivity index (χ0) is 28.9. The summed E-state index contributed by atoms with van der Waals surface area (Å²) >= 11 is 0. The molecule has 2 fully saturated rings. The second kappa shape index (κ2) is 12.9. The van der Waals surface area contributed by atoms with E-state index < -0.39 is 11.7 Å². The third-order valence-corrected chi connectivity index (χ3v) is 7.68. The highest BCUT2D eigenvalue weighted by molar-refractivity contribution is 5.94. The van der Waals surface area contributed by atoms with Gasteiger partial charge in [-0.15, -0.1) is 0 Å². The van der Waals surface area contributed by atoms with E-state index in [1.165, 1.54) is 11.9 Å². The Morgan fingerprint density at radius 3 is 2.27 bits per heavy atom. The van der Waals surface area contributed by atoms with Crippen LogP contribution in [0.5, 0.6) is 0 Å². The van der Waals surface area contributed by atoms with Gasteiger partial charge in [0, 0.05) is 36.6 Å². The van der Waals surface area contributed by atoms with Gasteiger partial charge in [-0.1, -0.05) is 19.3 Å². The summed E-state index contributed by atoms with van der Waals surface area (Å²) in [6.45, 7) is 3.16. The molecule has 1 aromatic heterocycles. The summed E-state index contributed by atoms with van der Waals surface area (Å²) in [5, 5.41) is 4.37. The number of benzene rings is 1. The van der Waals surface area contributed by atoms with Gasteiger partial charge in [0.05, 0.1) is 6.54 Å². The van der Waals surface area contributed by atoms with Gasteiger partial charge < -0.3 is 15.1 Å². The summed E-state index contributed by atoms with van der Waals surface area (Å²) in [6, 6.07) is 6.69. The molecule has 12 heteroatoms. The van der Waals surface area contributed by atoms with E-state index in [-0.39, 0.29) is 42.1 Å². The van der Waals surface area contributed by atoms with E-state index >= 15 is 0 Å². The number of piperidine rings is 1. The number of carbonyl (C=O) groups excluding carboxylic acids is 2. The molecule has 4 rings (SSSR count). The lowest BCUT2D eigenvalue weighted by atomic mass is 9.95. The SMILES string of the molecule is CC(=O)CNN(c1nc(Nc2ccc(C(=O)N(C)C3CCN(C)CC3)cc2)ncc1C(F)(F)F)C1CCCCC1. The number of hydrogen-bond donors (Lipinski definition) is 2. The molecule has 40 heavy (non-hydrogen) atoms. The Morgan fingerprint density at radius 2 is 1.68 bits per heavy atom. The third-order valence-electron chi connectivity index (χ3n) is 7.68. The summed E-state index contributed by atoms with van der Waals surface area (Å²) in [5.74, 6) is -0.604. The maximum Gasteiger partial charge on any atom is 0.421 e. The van der Waals surface area contributed by atoms with Crippen molar-refractivity contribution in [2.75, 3.05) is 44.1 Å². The number of ketones is 1. The van der Waals surface area contributed by atoms with Crippen LogP contribution in [0.4, 0.5) is 30.6 Å². The quantitative estimate of drug-likeness (QED) is 0.428. The van der Waals surface area contributed by atoms with Crippen molar-refractivity contribution in [2.45, 2.75) is 70.1 Å². The van der Waals surface area contributed by atoms with E-state index in [9.17, 15) is 22.8 Å². The van der Waals surface area contributed by atoms with Gasteiger partial charge in [0.15, 0.2) is 5.82 Å². The standard InChI is InChI=1S/C28H38F3N7O2/c1-19(39)17-33-38(23-7-5-4-6-8-23)25-24(28(29,30)31)18-32-27(35-25)34-21-11-9-20(10-12-21)26(40)37(3)22-13-15-36(2)16-14-22/h9-12,18,22-23,33H,4-8,13-17H2,1-3H3,(H,32,34,35). The van der Waals surface area contributed by atoms with Crippen LogP contribution in [0.3, 0.4) is 0 Å². The molecule has 1 aromatic carbocycles. The largest absolute Gasteiger partial charge is 0.421 e. The van der Waals surface area contributed by atoms with Crippen LogP contribution in [0.25, 0.3) is 0 Å². The van der Waals surface area contributed by atoms with E-state index in [1.54, 1.807) is 29.2 Å². The van der Waals surface area contributed by atoms with Gasteiger partial charge in [-0.3, -0.25) is 14.6 Å². The maximum atomic E-state index is 14.0. The van der Waals surface area contributed by atoms with E-state index in [4.69, 9.17) is 0 Å². The van der Waals surface area contributed by atoms with Crippen LogP contribution in [0.2, 0.25) is 0 Å². The number of nitrogens with zero attached hydrogens (tertiary/aromatic N) is 5. The molecule has 1 saturated heterocycles. The fraction of sp³-hybridized carbons (Fsp3) is 0.571.